The summed E-state index contributed by atoms with van der Waals surface area (Å²) < 4.78 is 11.3. The lowest BCUT2D eigenvalue weighted by Gasteiger charge is -2.11. The van der Waals surface area contributed by atoms with E-state index in [4.69, 9.17) is 44.3 Å². The van der Waals surface area contributed by atoms with E-state index in [0.29, 0.717) is 28.9 Å². The Kier molecular flexibility index (Phi) is 6.98. The van der Waals surface area contributed by atoms with E-state index in [1.165, 1.54) is 6.07 Å². The first-order chi connectivity index (χ1) is 13.6. The fourth-order valence-corrected chi connectivity index (χ4v) is 2.85. The average Bonchev–Trinajstić information content (AvgIpc) is 2.71. The number of methoxy groups -OCH3 is 1. The van der Waals surface area contributed by atoms with Gasteiger partial charge in [0, 0.05) is 0 Å². The lowest BCUT2D eigenvalue weighted by atomic mass is 10.2. The zero-order valence-electron chi connectivity index (χ0n) is 14.8. The van der Waals surface area contributed by atoms with Crippen molar-refractivity contribution < 1.29 is 9.47 Å². The highest BCUT2D eigenvalue weighted by Gasteiger charge is 2.08. The number of pyridine rings is 1. The number of aromatic nitrogens is 1. The minimum absolute atomic E-state index is 0.144. The van der Waals surface area contributed by atoms with Gasteiger partial charge in [0.2, 0.25) is 0 Å². The van der Waals surface area contributed by atoms with Crippen LogP contribution in [0.3, 0.4) is 0 Å². The molecule has 0 radical (unpaired) electrons. The second kappa shape index (κ2) is 9.64. The van der Waals surface area contributed by atoms with Gasteiger partial charge in [-0.15, -0.1) is 0 Å². The number of hydrogen-bond acceptors (Lipinski definition) is 5. The summed E-state index contributed by atoms with van der Waals surface area (Å²) in [5, 5.41) is 4.85. The number of hydrogen-bond donors (Lipinski definition) is 1. The number of nitrogens with one attached hydrogen (secondary N) is 1. The number of rotatable bonds is 7. The molecule has 0 spiro atoms. The van der Waals surface area contributed by atoms with Gasteiger partial charge in [-0.05, 0) is 35.4 Å². The number of nitrogens with zero attached hydrogens (tertiary/aromatic N) is 2. The Balaban J connectivity index is 1.68. The molecule has 3 aromatic rings. The van der Waals surface area contributed by atoms with Gasteiger partial charge in [-0.3, -0.25) is 5.43 Å². The molecule has 1 heterocycles. The normalized spacial score (nSPS) is 10.9. The second-order valence-corrected chi connectivity index (χ2v) is 6.82. The molecular formula is C20H16Cl3N3O2. The largest absolute Gasteiger partial charge is 0.493 e. The number of halogens is 3. The first kappa shape index (κ1) is 20.3. The van der Waals surface area contributed by atoms with Crippen molar-refractivity contribution in [2.75, 3.05) is 12.5 Å². The zero-order chi connectivity index (χ0) is 19.9. The monoisotopic (exact) mass is 435 g/mol. The van der Waals surface area contributed by atoms with Gasteiger partial charge < -0.3 is 9.47 Å². The van der Waals surface area contributed by atoms with Crippen LogP contribution in [0, 0.1) is 0 Å². The van der Waals surface area contributed by atoms with Gasteiger partial charge in [0.25, 0.3) is 0 Å². The summed E-state index contributed by atoms with van der Waals surface area (Å²) in [6.07, 6.45) is 1.60. The Labute approximate surface area is 177 Å². The molecule has 1 aromatic heterocycles. The summed E-state index contributed by atoms with van der Waals surface area (Å²) >= 11 is 17.8. The Morgan fingerprint density at radius 2 is 1.79 bits per heavy atom. The highest BCUT2D eigenvalue weighted by Crippen LogP contribution is 2.30. The highest BCUT2D eigenvalue weighted by atomic mass is 35.5. The molecule has 0 saturated carbocycles. The SMILES string of the molecule is COc1cc(C=NNc2nc(Cl)c(Cl)cc2Cl)ccc1OCc1ccccc1. The van der Waals surface area contributed by atoms with Crippen LogP contribution in [-0.4, -0.2) is 18.3 Å². The predicted octanol–water partition coefficient (Wildman–Crippen LogP) is 6.08. The molecule has 0 aliphatic carbocycles. The molecular weight excluding hydrogens is 421 g/mol. The Morgan fingerprint density at radius 3 is 2.54 bits per heavy atom. The van der Waals surface area contributed by atoms with Gasteiger partial charge in [0.15, 0.2) is 17.3 Å². The molecule has 0 bridgehead atoms. The summed E-state index contributed by atoms with van der Waals surface area (Å²) in [5.41, 5.74) is 4.61. The third kappa shape index (κ3) is 5.29. The third-order valence-corrected chi connectivity index (χ3v) is 4.66. The first-order valence-corrected chi connectivity index (χ1v) is 9.35. The lowest BCUT2D eigenvalue weighted by molar-refractivity contribution is 0.284. The van der Waals surface area contributed by atoms with Gasteiger partial charge >= 0.3 is 0 Å². The summed E-state index contributed by atoms with van der Waals surface area (Å²) in [7, 11) is 1.59. The molecule has 0 amide bonds. The van der Waals surface area contributed by atoms with Crippen molar-refractivity contribution >= 4 is 46.8 Å². The predicted molar refractivity (Wildman–Crippen MR) is 114 cm³/mol. The van der Waals surface area contributed by atoms with E-state index in [1.807, 2.05) is 48.5 Å². The minimum atomic E-state index is 0.144. The van der Waals surface area contributed by atoms with Crippen LogP contribution >= 0.6 is 34.8 Å². The molecule has 144 valence electrons. The number of hydrazone groups is 1. The van der Waals surface area contributed by atoms with Gasteiger partial charge in [-0.2, -0.15) is 5.10 Å². The fourth-order valence-electron chi connectivity index (χ4n) is 2.31. The van der Waals surface area contributed by atoms with Gasteiger partial charge in [0.05, 0.1) is 23.4 Å². The van der Waals surface area contributed by atoms with Gasteiger partial charge in [-0.25, -0.2) is 4.98 Å². The van der Waals surface area contributed by atoms with E-state index >= 15 is 0 Å². The Hall–Kier alpha value is -2.47. The number of anilines is 1. The molecule has 0 aliphatic rings. The van der Waals surface area contributed by atoms with E-state index in [1.54, 1.807) is 13.3 Å². The van der Waals surface area contributed by atoms with E-state index in [9.17, 15) is 0 Å². The molecule has 1 N–H and O–H groups in total. The van der Waals surface area contributed by atoms with Crippen LogP contribution < -0.4 is 14.9 Å². The van der Waals surface area contributed by atoms with Crippen LogP contribution in [0.4, 0.5) is 5.82 Å². The smallest absolute Gasteiger partial charge is 0.166 e. The van der Waals surface area contributed by atoms with E-state index in [-0.39, 0.29) is 10.2 Å². The van der Waals surface area contributed by atoms with Crippen molar-refractivity contribution in [3.63, 3.8) is 0 Å². The quantitative estimate of drug-likeness (QED) is 0.277. The van der Waals surface area contributed by atoms with Gasteiger partial charge in [-0.1, -0.05) is 65.1 Å². The molecule has 28 heavy (non-hydrogen) atoms. The highest BCUT2D eigenvalue weighted by molar-refractivity contribution is 6.42. The Bertz CT molecular complexity index is 982. The molecule has 0 saturated heterocycles. The molecule has 3 rings (SSSR count). The summed E-state index contributed by atoms with van der Waals surface area (Å²) in [4.78, 5) is 4.04. The van der Waals surface area contributed by atoms with Crippen LogP contribution in [-0.2, 0) is 6.61 Å². The zero-order valence-corrected chi connectivity index (χ0v) is 17.1. The molecule has 0 fully saturated rings. The first-order valence-electron chi connectivity index (χ1n) is 8.22. The number of ether oxygens (including phenoxy) is 2. The molecule has 8 heteroatoms. The molecule has 0 atom stereocenters. The van der Waals surface area contributed by atoms with Crippen LogP contribution in [0.1, 0.15) is 11.1 Å². The fraction of sp³-hybridized carbons (Fsp3) is 0.100. The van der Waals surface area contributed by atoms with Crippen LogP contribution in [0.15, 0.2) is 59.7 Å². The minimum Gasteiger partial charge on any atom is -0.493 e. The number of benzene rings is 2. The van der Waals surface area contributed by atoms with Gasteiger partial charge in [0.1, 0.15) is 11.8 Å². The summed E-state index contributed by atoms with van der Waals surface area (Å²) in [5.74, 6) is 1.55. The molecule has 2 aromatic carbocycles. The maximum atomic E-state index is 6.06. The maximum Gasteiger partial charge on any atom is 0.166 e. The van der Waals surface area contributed by atoms with Crippen LogP contribution in [0.5, 0.6) is 11.5 Å². The van der Waals surface area contributed by atoms with Crippen molar-refractivity contribution in [3.8, 4) is 11.5 Å². The van der Waals surface area contributed by atoms with Crippen molar-refractivity contribution in [1.29, 1.82) is 0 Å². The molecule has 0 aliphatic heterocycles. The van der Waals surface area contributed by atoms with E-state index < -0.39 is 0 Å². The summed E-state index contributed by atoms with van der Waals surface area (Å²) in [6, 6.07) is 16.9. The van der Waals surface area contributed by atoms with Crippen molar-refractivity contribution in [1.82, 2.24) is 4.98 Å². The maximum absolute atomic E-state index is 6.06. The average molecular weight is 437 g/mol. The topological polar surface area (TPSA) is 55.7 Å². The standard InChI is InChI=1S/C20H16Cl3N3O2/c1-27-18-9-14(7-8-17(18)28-12-13-5-3-2-4-6-13)11-24-26-20-16(22)10-15(21)19(23)25-20/h2-11H,12H2,1H3,(H,25,26). The lowest BCUT2D eigenvalue weighted by Crippen LogP contribution is -1.99. The van der Waals surface area contributed by atoms with Crippen molar-refractivity contribution in [2.24, 2.45) is 5.10 Å². The van der Waals surface area contributed by atoms with E-state index in [0.717, 1.165) is 11.1 Å². The second-order valence-electron chi connectivity index (χ2n) is 5.65. The molecule has 5 nitrogen and oxygen atoms in total. The Morgan fingerprint density at radius 1 is 1.00 bits per heavy atom. The van der Waals surface area contributed by atoms with Crippen molar-refractivity contribution in [2.45, 2.75) is 6.61 Å². The van der Waals surface area contributed by atoms with Crippen molar-refractivity contribution in [3.05, 3.63) is 80.9 Å². The van der Waals surface area contributed by atoms with Crippen LogP contribution in [0.2, 0.25) is 15.2 Å². The third-order valence-electron chi connectivity index (χ3n) is 3.70. The molecule has 0 unspecified atom stereocenters. The summed E-state index contributed by atoms with van der Waals surface area (Å²) in [6.45, 7) is 0.452. The van der Waals surface area contributed by atoms with E-state index in [2.05, 4.69) is 15.5 Å². The van der Waals surface area contributed by atoms with Crippen LogP contribution in [0.25, 0.3) is 0 Å².